The van der Waals surface area contributed by atoms with Crippen molar-refractivity contribution in [3.05, 3.63) is 53.8 Å². The summed E-state index contributed by atoms with van der Waals surface area (Å²) in [5, 5.41) is 23.3. The fraction of sp³-hybridized carbons (Fsp3) is 0.368. The minimum Gasteiger partial charge on any atom is -0.497 e. The Bertz CT molecular complexity index is 889. The summed E-state index contributed by atoms with van der Waals surface area (Å²) >= 11 is 0. The SMILES string of the molecule is COc1ccc(-c2noc([C@H]3C[C@@H](O)CN3Cc3ccc(CO)o3)n2)cc1. The van der Waals surface area contributed by atoms with Crippen LogP contribution in [0.5, 0.6) is 5.75 Å². The largest absolute Gasteiger partial charge is 0.497 e. The number of nitrogens with zero attached hydrogens (tertiary/aromatic N) is 3. The zero-order valence-corrected chi connectivity index (χ0v) is 14.9. The van der Waals surface area contributed by atoms with Gasteiger partial charge in [0, 0.05) is 12.1 Å². The minimum atomic E-state index is -0.474. The Kier molecular flexibility index (Phi) is 4.93. The molecule has 27 heavy (non-hydrogen) atoms. The second kappa shape index (κ2) is 7.51. The van der Waals surface area contributed by atoms with Crippen molar-refractivity contribution in [3.8, 4) is 17.1 Å². The second-order valence-corrected chi connectivity index (χ2v) is 6.55. The van der Waals surface area contributed by atoms with Crippen molar-refractivity contribution in [3.63, 3.8) is 0 Å². The van der Waals surface area contributed by atoms with E-state index in [2.05, 4.69) is 10.1 Å². The maximum atomic E-state index is 10.1. The first kappa shape index (κ1) is 17.7. The number of methoxy groups -OCH3 is 1. The van der Waals surface area contributed by atoms with E-state index in [9.17, 15) is 5.11 Å². The summed E-state index contributed by atoms with van der Waals surface area (Å²) in [6, 6.07) is 10.8. The predicted molar refractivity (Wildman–Crippen MR) is 94.7 cm³/mol. The highest BCUT2D eigenvalue weighted by Gasteiger charge is 2.36. The van der Waals surface area contributed by atoms with Gasteiger partial charge in [0.15, 0.2) is 0 Å². The van der Waals surface area contributed by atoms with Gasteiger partial charge in [0.1, 0.15) is 23.9 Å². The number of ether oxygens (including phenoxy) is 1. The van der Waals surface area contributed by atoms with Crippen LogP contribution in [0.3, 0.4) is 0 Å². The highest BCUT2D eigenvalue weighted by Crippen LogP contribution is 2.34. The molecule has 0 radical (unpaired) electrons. The smallest absolute Gasteiger partial charge is 0.244 e. The average Bonchev–Trinajstić information content (AvgIpc) is 3.42. The molecule has 0 aliphatic carbocycles. The molecular formula is C19H21N3O5. The van der Waals surface area contributed by atoms with Gasteiger partial charge in [0.05, 0.1) is 25.8 Å². The molecule has 0 unspecified atom stereocenters. The van der Waals surface area contributed by atoms with Crippen LogP contribution >= 0.6 is 0 Å². The van der Waals surface area contributed by atoms with Gasteiger partial charge in [-0.05, 0) is 42.8 Å². The standard InChI is InChI=1S/C19H21N3O5/c1-25-14-4-2-12(3-5-14)18-20-19(27-21-18)17-8-13(24)9-22(17)10-15-6-7-16(11-23)26-15/h2-7,13,17,23-24H,8-11H2,1H3/t13-,17-/m1/s1. The Morgan fingerprint density at radius 3 is 2.67 bits per heavy atom. The number of aliphatic hydroxyl groups excluding tert-OH is 2. The summed E-state index contributed by atoms with van der Waals surface area (Å²) < 4.78 is 16.2. The summed E-state index contributed by atoms with van der Waals surface area (Å²) in [5.74, 6) is 2.95. The van der Waals surface area contributed by atoms with Gasteiger partial charge >= 0.3 is 0 Å². The molecule has 142 valence electrons. The highest BCUT2D eigenvalue weighted by molar-refractivity contribution is 5.55. The van der Waals surface area contributed by atoms with Crippen LogP contribution in [-0.4, -0.2) is 45.0 Å². The summed E-state index contributed by atoms with van der Waals surface area (Å²) in [4.78, 5) is 6.56. The molecule has 2 N–H and O–H groups in total. The summed E-state index contributed by atoms with van der Waals surface area (Å²) in [6.07, 6.45) is 0.0382. The third kappa shape index (κ3) is 3.73. The number of β-amino-alcohol motifs (C(OH)–C–C–N with tert-alkyl or cyclic N) is 1. The van der Waals surface area contributed by atoms with Gasteiger partial charge in [0.2, 0.25) is 11.7 Å². The molecule has 0 spiro atoms. The van der Waals surface area contributed by atoms with Crippen LogP contribution in [0.4, 0.5) is 0 Å². The van der Waals surface area contributed by atoms with Gasteiger partial charge in [-0.2, -0.15) is 4.98 Å². The molecule has 0 saturated carbocycles. The van der Waals surface area contributed by atoms with E-state index < -0.39 is 6.10 Å². The molecule has 1 aliphatic heterocycles. The lowest BCUT2D eigenvalue weighted by molar-refractivity contribution is 0.160. The Hall–Kier alpha value is -2.68. The van der Waals surface area contributed by atoms with Crippen molar-refractivity contribution in [1.29, 1.82) is 0 Å². The van der Waals surface area contributed by atoms with Crippen molar-refractivity contribution < 1.29 is 23.9 Å². The van der Waals surface area contributed by atoms with Crippen LogP contribution in [0.2, 0.25) is 0 Å². The number of rotatable bonds is 6. The van der Waals surface area contributed by atoms with Crippen molar-refractivity contribution >= 4 is 0 Å². The number of benzene rings is 1. The lowest BCUT2D eigenvalue weighted by atomic mass is 10.2. The van der Waals surface area contributed by atoms with Gasteiger partial charge in [0.25, 0.3) is 0 Å². The topological polar surface area (TPSA) is 105 Å². The summed E-state index contributed by atoms with van der Waals surface area (Å²) in [5.41, 5.74) is 0.828. The van der Waals surface area contributed by atoms with Gasteiger partial charge in [-0.1, -0.05) is 5.16 Å². The summed E-state index contributed by atoms with van der Waals surface area (Å²) in [6.45, 7) is 0.836. The van der Waals surface area contributed by atoms with Crippen LogP contribution in [0.15, 0.2) is 45.3 Å². The predicted octanol–water partition coefficient (Wildman–Crippen LogP) is 2.14. The van der Waals surface area contributed by atoms with Gasteiger partial charge in [-0.25, -0.2) is 0 Å². The Morgan fingerprint density at radius 1 is 1.19 bits per heavy atom. The molecule has 1 saturated heterocycles. The van der Waals surface area contributed by atoms with E-state index in [-0.39, 0.29) is 12.6 Å². The summed E-state index contributed by atoms with van der Waals surface area (Å²) in [7, 11) is 1.62. The average molecular weight is 371 g/mol. The number of furan rings is 1. The van der Waals surface area contributed by atoms with E-state index in [1.54, 1.807) is 13.2 Å². The van der Waals surface area contributed by atoms with Crippen LogP contribution in [0, 0.1) is 0 Å². The van der Waals surface area contributed by atoms with Crippen molar-refractivity contribution in [2.45, 2.75) is 31.7 Å². The molecule has 2 aromatic heterocycles. The van der Waals surface area contributed by atoms with Crippen LogP contribution in [0.25, 0.3) is 11.4 Å². The number of hydrogen-bond acceptors (Lipinski definition) is 8. The molecule has 0 amide bonds. The van der Waals surface area contributed by atoms with Gasteiger partial charge in [-0.15, -0.1) is 0 Å². The molecule has 1 aliphatic rings. The molecular weight excluding hydrogens is 350 g/mol. The van der Waals surface area contributed by atoms with E-state index in [1.165, 1.54) is 0 Å². The second-order valence-electron chi connectivity index (χ2n) is 6.55. The Morgan fingerprint density at radius 2 is 1.96 bits per heavy atom. The van der Waals surface area contributed by atoms with Crippen molar-refractivity contribution in [2.75, 3.05) is 13.7 Å². The number of hydrogen-bond donors (Lipinski definition) is 2. The monoisotopic (exact) mass is 371 g/mol. The molecule has 2 atom stereocenters. The fourth-order valence-corrected chi connectivity index (χ4v) is 3.33. The molecule has 1 fully saturated rings. The van der Waals surface area contributed by atoms with Crippen molar-refractivity contribution in [2.24, 2.45) is 0 Å². The molecule has 0 bridgehead atoms. The zero-order chi connectivity index (χ0) is 18.8. The van der Waals surface area contributed by atoms with E-state index in [4.69, 9.17) is 18.8 Å². The van der Waals surface area contributed by atoms with Gasteiger partial charge in [-0.3, -0.25) is 4.90 Å². The number of aromatic nitrogens is 2. The first-order valence-corrected chi connectivity index (χ1v) is 8.75. The van der Waals surface area contributed by atoms with Crippen LogP contribution in [0.1, 0.15) is 29.9 Å². The lowest BCUT2D eigenvalue weighted by Gasteiger charge is -2.19. The Balaban J connectivity index is 1.52. The fourth-order valence-electron chi connectivity index (χ4n) is 3.33. The lowest BCUT2D eigenvalue weighted by Crippen LogP contribution is -2.24. The van der Waals surface area contributed by atoms with E-state index in [1.807, 2.05) is 35.2 Å². The normalized spacial score (nSPS) is 20.3. The van der Waals surface area contributed by atoms with E-state index in [0.29, 0.717) is 42.7 Å². The maximum absolute atomic E-state index is 10.1. The first-order chi connectivity index (χ1) is 13.2. The quantitative estimate of drug-likeness (QED) is 0.679. The van der Waals surface area contributed by atoms with E-state index in [0.717, 1.165) is 11.3 Å². The molecule has 8 nitrogen and oxygen atoms in total. The maximum Gasteiger partial charge on any atom is 0.244 e. The minimum absolute atomic E-state index is 0.138. The highest BCUT2D eigenvalue weighted by atomic mass is 16.5. The van der Waals surface area contributed by atoms with E-state index >= 15 is 0 Å². The third-order valence-corrected chi connectivity index (χ3v) is 4.69. The number of likely N-dealkylation sites (tertiary alicyclic amines) is 1. The van der Waals surface area contributed by atoms with Crippen molar-refractivity contribution in [1.82, 2.24) is 15.0 Å². The molecule has 1 aromatic carbocycles. The molecule has 8 heteroatoms. The third-order valence-electron chi connectivity index (χ3n) is 4.69. The van der Waals surface area contributed by atoms with Gasteiger partial charge < -0.3 is 23.9 Å². The Labute approximate surface area is 156 Å². The van der Waals surface area contributed by atoms with Crippen LogP contribution < -0.4 is 4.74 Å². The first-order valence-electron chi connectivity index (χ1n) is 8.75. The molecule has 3 heterocycles. The molecule has 4 rings (SSSR count). The number of aliphatic hydroxyl groups is 2. The van der Waals surface area contributed by atoms with Crippen LogP contribution in [-0.2, 0) is 13.2 Å². The molecule has 3 aromatic rings. The zero-order valence-electron chi connectivity index (χ0n) is 14.9.